The van der Waals surface area contributed by atoms with Crippen molar-refractivity contribution >= 4 is 11.6 Å². The highest BCUT2D eigenvalue weighted by molar-refractivity contribution is 6.01. The molecule has 0 aromatic carbocycles. The Kier molecular flexibility index (Phi) is 3.53. The summed E-state index contributed by atoms with van der Waals surface area (Å²) in [6.45, 7) is 5.58. The average Bonchev–Trinajstić information content (AvgIpc) is 2.31. The van der Waals surface area contributed by atoms with E-state index >= 15 is 0 Å². The molecule has 0 bridgehead atoms. The molecule has 3 nitrogen and oxygen atoms in total. The Morgan fingerprint density at radius 1 is 1.33 bits per heavy atom. The topological polar surface area (TPSA) is 54.4 Å². The summed E-state index contributed by atoms with van der Waals surface area (Å²) in [6.07, 6.45) is 2.95. The van der Waals surface area contributed by atoms with E-state index in [4.69, 9.17) is 0 Å². The second-order valence-electron chi connectivity index (χ2n) is 5.62. The van der Waals surface area contributed by atoms with E-state index in [1.165, 1.54) is 0 Å². The molecule has 0 aliphatic heterocycles. The van der Waals surface area contributed by atoms with Gasteiger partial charge in [0, 0.05) is 24.3 Å². The van der Waals surface area contributed by atoms with Crippen LogP contribution in [0.4, 0.5) is 0 Å². The predicted molar refractivity (Wildman–Crippen MR) is 68.9 cm³/mol. The number of allylic oxidation sites excluding steroid dienone is 3. The van der Waals surface area contributed by atoms with Crippen molar-refractivity contribution in [2.24, 2.45) is 17.8 Å². The van der Waals surface area contributed by atoms with Crippen LogP contribution in [0.3, 0.4) is 0 Å². The second kappa shape index (κ2) is 4.81. The number of carbonyl (C=O) groups is 2. The van der Waals surface area contributed by atoms with E-state index in [0.717, 1.165) is 16.7 Å². The molecule has 3 atom stereocenters. The third-order valence-corrected chi connectivity index (χ3v) is 4.32. The van der Waals surface area contributed by atoms with Crippen molar-refractivity contribution in [2.75, 3.05) is 6.61 Å². The molecule has 0 heterocycles. The summed E-state index contributed by atoms with van der Waals surface area (Å²) >= 11 is 0. The van der Waals surface area contributed by atoms with Gasteiger partial charge in [-0.2, -0.15) is 0 Å². The minimum Gasteiger partial charge on any atom is -0.392 e. The maximum Gasteiger partial charge on any atom is 0.159 e. The molecular weight excluding hydrogens is 228 g/mol. The van der Waals surface area contributed by atoms with E-state index < -0.39 is 0 Å². The first-order chi connectivity index (χ1) is 8.45. The van der Waals surface area contributed by atoms with Crippen molar-refractivity contribution < 1.29 is 14.7 Å². The Labute approximate surface area is 108 Å². The number of aliphatic hydroxyl groups excluding tert-OH is 1. The number of hydrogen-bond donors (Lipinski definition) is 1. The van der Waals surface area contributed by atoms with Crippen LogP contribution < -0.4 is 0 Å². The number of aliphatic hydroxyl groups is 1. The van der Waals surface area contributed by atoms with Gasteiger partial charge in [-0.15, -0.1) is 0 Å². The van der Waals surface area contributed by atoms with Gasteiger partial charge in [0.2, 0.25) is 0 Å². The van der Waals surface area contributed by atoms with Crippen LogP contribution in [0.2, 0.25) is 0 Å². The Hall–Kier alpha value is -1.22. The number of carbonyl (C=O) groups excluding carboxylic acids is 2. The molecule has 3 heteroatoms. The largest absolute Gasteiger partial charge is 0.392 e. The van der Waals surface area contributed by atoms with Gasteiger partial charge in [-0.1, -0.05) is 13.0 Å². The average molecular weight is 248 g/mol. The van der Waals surface area contributed by atoms with Gasteiger partial charge in [0.05, 0.1) is 6.61 Å². The zero-order valence-electron chi connectivity index (χ0n) is 11.2. The maximum atomic E-state index is 12.2. The lowest BCUT2D eigenvalue weighted by atomic mass is 9.63. The zero-order chi connectivity index (χ0) is 13.4. The highest BCUT2D eigenvalue weighted by atomic mass is 16.3. The standard InChI is InChI=1S/C15H20O3/c1-8-5-14(18)15(10(3)7-16)12-4-9(2)13(17)6-11(8)12/h4,8,11-12,16H,5-7H2,1-3H3/t8-,11+,12-/m0/s1. The van der Waals surface area contributed by atoms with Crippen LogP contribution in [0.1, 0.15) is 33.6 Å². The SMILES string of the molecule is CC1=C[C@@H]2C(=C(C)CO)C(=O)C[C@H](C)[C@H]2CC1=O. The first kappa shape index (κ1) is 13.2. The molecule has 0 spiro atoms. The van der Waals surface area contributed by atoms with E-state index in [2.05, 4.69) is 0 Å². The number of Topliss-reactive ketones (excluding diaryl/α,β-unsaturated/α-hetero) is 2. The lowest BCUT2D eigenvalue weighted by Crippen LogP contribution is -2.38. The summed E-state index contributed by atoms with van der Waals surface area (Å²) in [6, 6.07) is 0. The van der Waals surface area contributed by atoms with E-state index in [1.54, 1.807) is 6.92 Å². The fourth-order valence-electron chi connectivity index (χ4n) is 3.19. The molecule has 1 fully saturated rings. The normalized spacial score (nSPS) is 35.1. The first-order valence-electron chi connectivity index (χ1n) is 6.51. The molecule has 0 saturated heterocycles. The molecule has 0 aromatic rings. The summed E-state index contributed by atoms with van der Waals surface area (Å²) in [7, 11) is 0. The lowest BCUT2D eigenvalue weighted by molar-refractivity contribution is -0.122. The zero-order valence-corrected chi connectivity index (χ0v) is 11.2. The van der Waals surface area contributed by atoms with Crippen molar-refractivity contribution in [1.29, 1.82) is 0 Å². The number of rotatable bonds is 1. The Morgan fingerprint density at radius 2 is 2.00 bits per heavy atom. The van der Waals surface area contributed by atoms with E-state index in [9.17, 15) is 14.7 Å². The van der Waals surface area contributed by atoms with Gasteiger partial charge in [-0.3, -0.25) is 9.59 Å². The van der Waals surface area contributed by atoms with Crippen molar-refractivity contribution in [3.63, 3.8) is 0 Å². The molecule has 0 radical (unpaired) electrons. The van der Waals surface area contributed by atoms with Gasteiger partial charge in [-0.25, -0.2) is 0 Å². The van der Waals surface area contributed by atoms with Crippen molar-refractivity contribution in [1.82, 2.24) is 0 Å². The summed E-state index contributed by atoms with van der Waals surface area (Å²) in [5.41, 5.74) is 2.24. The second-order valence-corrected chi connectivity index (χ2v) is 5.62. The van der Waals surface area contributed by atoms with E-state index in [0.29, 0.717) is 12.8 Å². The molecule has 98 valence electrons. The third-order valence-electron chi connectivity index (χ3n) is 4.32. The number of fused-ring (bicyclic) bond motifs is 1. The molecule has 1 saturated carbocycles. The van der Waals surface area contributed by atoms with Crippen LogP contribution in [0.15, 0.2) is 22.8 Å². The molecule has 1 N–H and O–H groups in total. The third kappa shape index (κ3) is 2.07. The number of hydrogen-bond acceptors (Lipinski definition) is 3. The number of ketones is 2. The Morgan fingerprint density at radius 3 is 2.61 bits per heavy atom. The molecule has 2 aliphatic carbocycles. The molecule has 2 rings (SSSR count). The summed E-state index contributed by atoms with van der Waals surface area (Å²) in [4.78, 5) is 24.0. The van der Waals surface area contributed by atoms with Crippen LogP contribution >= 0.6 is 0 Å². The monoisotopic (exact) mass is 248 g/mol. The smallest absolute Gasteiger partial charge is 0.159 e. The molecular formula is C15H20O3. The Bertz CT molecular complexity index is 456. The van der Waals surface area contributed by atoms with Gasteiger partial charge >= 0.3 is 0 Å². The summed E-state index contributed by atoms with van der Waals surface area (Å²) < 4.78 is 0. The van der Waals surface area contributed by atoms with E-state index in [-0.39, 0.29) is 35.9 Å². The highest BCUT2D eigenvalue weighted by Gasteiger charge is 2.41. The molecule has 2 aliphatic rings. The van der Waals surface area contributed by atoms with Gasteiger partial charge in [0.15, 0.2) is 11.6 Å². The summed E-state index contributed by atoms with van der Waals surface area (Å²) in [5.74, 6) is 0.805. The van der Waals surface area contributed by atoms with Crippen LogP contribution in [0.5, 0.6) is 0 Å². The Balaban J connectivity index is 2.49. The molecule has 0 amide bonds. The van der Waals surface area contributed by atoms with Gasteiger partial charge < -0.3 is 5.11 Å². The van der Waals surface area contributed by atoms with Crippen molar-refractivity contribution in [2.45, 2.75) is 33.6 Å². The highest BCUT2D eigenvalue weighted by Crippen LogP contribution is 2.43. The molecule has 0 unspecified atom stereocenters. The minimum absolute atomic E-state index is 0.0195. The molecule has 0 aromatic heterocycles. The van der Waals surface area contributed by atoms with E-state index in [1.807, 2.05) is 19.9 Å². The van der Waals surface area contributed by atoms with Gasteiger partial charge in [-0.05, 0) is 36.8 Å². The molecule has 18 heavy (non-hydrogen) atoms. The summed E-state index contributed by atoms with van der Waals surface area (Å²) in [5, 5.41) is 9.28. The van der Waals surface area contributed by atoms with Crippen LogP contribution in [-0.2, 0) is 9.59 Å². The van der Waals surface area contributed by atoms with Crippen molar-refractivity contribution in [3.05, 3.63) is 22.8 Å². The quantitative estimate of drug-likeness (QED) is 0.723. The van der Waals surface area contributed by atoms with Crippen LogP contribution in [0, 0.1) is 17.8 Å². The van der Waals surface area contributed by atoms with Gasteiger partial charge in [0.1, 0.15) is 0 Å². The predicted octanol–water partition coefficient (Wildman–Crippen LogP) is 2.06. The lowest BCUT2D eigenvalue weighted by Gasteiger charge is -2.39. The minimum atomic E-state index is -0.0838. The van der Waals surface area contributed by atoms with Crippen LogP contribution in [-0.4, -0.2) is 23.3 Å². The van der Waals surface area contributed by atoms with Crippen molar-refractivity contribution in [3.8, 4) is 0 Å². The maximum absolute atomic E-state index is 12.2. The first-order valence-corrected chi connectivity index (χ1v) is 6.51. The van der Waals surface area contributed by atoms with Gasteiger partial charge in [0.25, 0.3) is 0 Å². The van der Waals surface area contributed by atoms with Crippen LogP contribution in [0.25, 0.3) is 0 Å². The fourth-order valence-corrected chi connectivity index (χ4v) is 3.19. The fraction of sp³-hybridized carbons (Fsp3) is 0.600.